The van der Waals surface area contributed by atoms with Crippen LogP contribution >= 0.6 is 17.0 Å². The van der Waals surface area contributed by atoms with E-state index >= 15 is 0 Å². The molecular weight excluding hydrogens is 528 g/mol. The number of phenolic OH excluding ortho intramolecular Hbond substituents is 1. The Morgan fingerprint density at radius 3 is 2.06 bits per heavy atom. The molecule has 2 nitrogen and oxygen atoms in total. The number of phenols is 1. The molecule has 0 unspecified atom stereocenters. The topological polar surface area (TPSA) is 32.6 Å². The Morgan fingerprint density at radius 1 is 0.879 bits per heavy atom. The first-order chi connectivity index (χ1) is 16.0. The molecule has 0 amide bonds. The van der Waals surface area contributed by atoms with Crippen molar-refractivity contribution in [3.05, 3.63) is 89.5 Å². The molecule has 0 saturated heterocycles. The molecule has 33 heavy (non-hydrogen) atoms. The minimum atomic E-state index is -0.826. The summed E-state index contributed by atoms with van der Waals surface area (Å²) < 4.78 is 0. The van der Waals surface area contributed by atoms with Gasteiger partial charge in [0.2, 0.25) is 0 Å². The molecular formula is C28H31Cl2NOZr. The van der Waals surface area contributed by atoms with Crippen LogP contribution in [0.5, 0.6) is 5.75 Å². The van der Waals surface area contributed by atoms with E-state index in [1.165, 1.54) is 24.8 Å². The number of hydrogen-bond acceptors (Lipinski definition) is 2. The molecule has 0 atom stereocenters. The van der Waals surface area contributed by atoms with Crippen LogP contribution in [0.3, 0.4) is 0 Å². The van der Waals surface area contributed by atoms with E-state index in [-0.39, 0.29) is 5.41 Å². The second kappa shape index (κ2) is 12.9. The molecule has 1 aliphatic rings. The molecule has 3 aromatic carbocycles. The predicted molar refractivity (Wildman–Crippen MR) is 138 cm³/mol. The van der Waals surface area contributed by atoms with Crippen LogP contribution < -0.4 is 0 Å². The summed E-state index contributed by atoms with van der Waals surface area (Å²) in [5.41, 5.74) is 4.76. The zero-order chi connectivity index (χ0) is 23.7. The third-order valence-corrected chi connectivity index (χ3v) is 6.46. The molecule has 1 saturated carbocycles. The summed E-state index contributed by atoms with van der Waals surface area (Å²) in [6.07, 6.45) is 8.03. The van der Waals surface area contributed by atoms with Gasteiger partial charge >= 0.3 is 37.9 Å². The third-order valence-electron chi connectivity index (χ3n) is 6.46. The van der Waals surface area contributed by atoms with Gasteiger partial charge in [-0.2, -0.15) is 0 Å². The van der Waals surface area contributed by atoms with Crippen molar-refractivity contribution in [2.75, 3.05) is 0 Å². The van der Waals surface area contributed by atoms with Crippen molar-refractivity contribution in [1.29, 1.82) is 0 Å². The first-order valence-corrected chi connectivity index (χ1v) is 17.8. The number of halogens is 2. The summed E-state index contributed by atoms with van der Waals surface area (Å²) in [7, 11) is 9.87. The van der Waals surface area contributed by atoms with Crippen LogP contribution in [-0.2, 0) is 26.3 Å². The van der Waals surface area contributed by atoms with Gasteiger partial charge in [0, 0.05) is 28.8 Å². The van der Waals surface area contributed by atoms with Gasteiger partial charge in [-0.15, -0.1) is 0 Å². The molecule has 0 aromatic heterocycles. The normalized spacial score (nSPS) is 14.5. The third kappa shape index (κ3) is 6.81. The van der Waals surface area contributed by atoms with Gasteiger partial charge in [-0.3, -0.25) is 4.99 Å². The average Bonchev–Trinajstić information content (AvgIpc) is 2.85. The van der Waals surface area contributed by atoms with Crippen molar-refractivity contribution in [2.45, 2.75) is 57.4 Å². The number of hydrogen-bond donors (Lipinski definition) is 1. The molecule has 3 aromatic rings. The fourth-order valence-electron chi connectivity index (χ4n) is 4.53. The van der Waals surface area contributed by atoms with E-state index in [0.29, 0.717) is 11.8 Å². The number of benzene rings is 3. The quantitative estimate of drug-likeness (QED) is 0.312. The van der Waals surface area contributed by atoms with Crippen LogP contribution in [0.15, 0.2) is 77.8 Å². The average molecular weight is 560 g/mol. The Kier molecular flexibility index (Phi) is 10.2. The molecule has 5 heteroatoms. The predicted octanol–water partition coefficient (Wildman–Crippen LogP) is 8.51. The van der Waals surface area contributed by atoms with E-state index < -0.39 is 20.8 Å². The van der Waals surface area contributed by atoms with Crippen molar-refractivity contribution >= 4 is 23.2 Å². The van der Waals surface area contributed by atoms with Gasteiger partial charge in [0.25, 0.3) is 0 Å². The Morgan fingerprint density at radius 2 is 1.45 bits per heavy atom. The van der Waals surface area contributed by atoms with E-state index in [1.807, 2.05) is 30.5 Å². The van der Waals surface area contributed by atoms with Crippen LogP contribution in [0, 0.1) is 0 Å². The van der Waals surface area contributed by atoms with Gasteiger partial charge < -0.3 is 5.11 Å². The van der Waals surface area contributed by atoms with Crippen molar-refractivity contribution in [2.24, 2.45) is 4.99 Å². The maximum atomic E-state index is 11.5. The summed E-state index contributed by atoms with van der Waals surface area (Å²) >= 11 is -0.826. The van der Waals surface area contributed by atoms with Crippen molar-refractivity contribution in [3.8, 4) is 16.9 Å². The summed E-state index contributed by atoms with van der Waals surface area (Å²) in [5, 5.41) is 11.5. The van der Waals surface area contributed by atoms with Gasteiger partial charge in [-0.05, 0) is 29.5 Å². The van der Waals surface area contributed by atoms with Gasteiger partial charge in [0.15, 0.2) is 0 Å². The second-order valence-electron chi connectivity index (χ2n) is 8.92. The number of nitrogens with zero attached hydrogens (tertiary/aromatic N) is 1. The molecule has 0 radical (unpaired) electrons. The Balaban J connectivity index is 0.000000968. The summed E-state index contributed by atoms with van der Waals surface area (Å²) in [5.74, 6) is 0.338. The summed E-state index contributed by atoms with van der Waals surface area (Å²) in [6.45, 7) is 4.34. The second-order valence-corrected chi connectivity index (χ2v) is 12.7. The zero-order valence-corrected chi connectivity index (χ0v) is 23.2. The Labute approximate surface area is 216 Å². The van der Waals surface area contributed by atoms with Gasteiger partial charge in [-0.25, -0.2) is 0 Å². The molecule has 1 aliphatic carbocycles. The van der Waals surface area contributed by atoms with E-state index in [9.17, 15) is 5.11 Å². The Hall–Kier alpha value is -1.41. The molecule has 4 rings (SSSR count). The molecule has 0 bridgehead atoms. The van der Waals surface area contributed by atoms with Crippen LogP contribution in [-0.4, -0.2) is 17.4 Å². The molecule has 0 spiro atoms. The zero-order valence-electron chi connectivity index (χ0n) is 19.3. The van der Waals surface area contributed by atoms with Gasteiger partial charge in [0.05, 0.1) is 0 Å². The SMILES string of the molecule is CC(C)(c1ccccc1)c1ccc(-c2ccccc2)c(C=NC2CCCCC2)c1O.[Cl][Zr][Cl]. The first kappa shape index (κ1) is 26.2. The molecule has 0 heterocycles. The van der Waals surface area contributed by atoms with Gasteiger partial charge in [-0.1, -0.05) is 106 Å². The maximum absolute atomic E-state index is 11.5. The van der Waals surface area contributed by atoms with E-state index in [0.717, 1.165) is 35.1 Å². The van der Waals surface area contributed by atoms with Crippen LogP contribution in [0.25, 0.3) is 11.1 Å². The standard InChI is InChI=1S/C28H31NO.2ClH.Zr/c1-28(2,22-14-8-4-9-15-22)26-19-18-24(21-12-6-3-7-13-21)25(27(26)30)20-29-23-16-10-5-11-17-23;;;/h3-4,6-9,12-15,18-20,23,30H,5,10-11,16-17H2,1-2H3;2*1H;/q;;;+2/p-2. The minimum absolute atomic E-state index is 0.312. The Bertz CT molecular complexity index is 1030. The summed E-state index contributed by atoms with van der Waals surface area (Å²) in [6, 6.07) is 25.2. The first-order valence-electron chi connectivity index (χ1n) is 11.5. The molecule has 0 aliphatic heterocycles. The number of aromatic hydroxyl groups is 1. The monoisotopic (exact) mass is 557 g/mol. The van der Waals surface area contributed by atoms with Crippen molar-refractivity contribution in [3.63, 3.8) is 0 Å². The van der Waals surface area contributed by atoms with Crippen LogP contribution in [0.4, 0.5) is 0 Å². The van der Waals surface area contributed by atoms with E-state index in [2.05, 4.69) is 62.4 Å². The number of aliphatic imine (C=N–C) groups is 1. The van der Waals surface area contributed by atoms with Crippen LogP contribution in [0.1, 0.15) is 62.6 Å². The fourth-order valence-corrected chi connectivity index (χ4v) is 4.53. The fraction of sp³-hybridized carbons (Fsp3) is 0.321. The van der Waals surface area contributed by atoms with Crippen molar-refractivity contribution in [1.82, 2.24) is 0 Å². The van der Waals surface area contributed by atoms with E-state index in [1.54, 1.807) is 0 Å². The molecule has 1 fully saturated rings. The molecule has 1 N–H and O–H groups in total. The van der Waals surface area contributed by atoms with Gasteiger partial charge in [0.1, 0.15) is 5.75 Å². The van der Waals surface area contributed by atoms with Crippen molar-refractivity contribution < 1.29 is 26.0 Å². The number of rotatable bonds is 5. The summed E-state index contributed by atoms with van der Waals surface area (Å²) in [4.78, 5) is 4.91. The van der Waals surface area contributed by atoms with Crippen LogP contribution in [0.2, 0.25) is 0 Å². The van der Waals surface area contributed by atoms with E-state index in [4.69, 9.17) is 22.0 Å². The molecule has 172 valence electrons.